The molecule has 1 aliphatic rings. The predicted octanol–water partition coefficient (Wildman–Crippen LogP) is 2.01. The average Bonchev–Trinajstić information content (AvgIpc) is 2.65. The summed E-state index contributed by atoms with van der Waals surface area (Å²) in [6.45, 7) is 1.05. The second kappa shape index (κ2) is 8.00. The van der Waals surface area contributed by atoms with Crippen molar-refractivity contribution in [3.8, 4) is 11.5 Å². The highest BCUT2D eigenvalue weighted by atomic mass is 32.2. The number of hydrogen-bond donors (Lipinski definition) is 1. The topological polar surface area (TPSA) is 81.7 Å². The molecule has 0 fully saturated rings. The van der Waals surface area contributed by atoms with Crippen LogP contribution in [0.4, 0.5) is 0 Å². The Bertz CT molecular complexity index is 922. The smallest absolute Gasteiger partial charge is 0.224 e. The number of benzene rings is 2. The normalized spacial score (nSPS) is 16.1. The number of rotatable bonds is 6. The van der Waals surface area contributed by atoms with Crippen LogP contribution in [0.25, 0.3) is 0 Å². The molecule has 0 bridgehead atoms. The van der Waals surface area contributed by atoms with E-state index in [1.165, 1.54) is 12.1 Å². The van der Waals surface area contributed by atoms with E-state index in [0.29, 0.717) is 13.2 Å². The summed E-state index contributed by atoms with van der Waals surface area (Å²) in [5, 5.41) is 2.94. The third kappa shape index (κ3) is 4.80. The minimum atomic E-state index is -3.23. The first-order chi connectivity index (χ1) is 12.9. The van der Waals surface area contributed by atoms with E-state index in [1.807, 2.05) is 18.2 Å². The zero-order valence-electron chi connectivity index (χ0n) is 15.4. The Labute approximate surface area is 159 Å². The molecule has 1 atom stereocenters. The van der Waals surface area contributed by atoms with Gasteiger partial charge in [-0.2, -0.15) is 0 Å². The van der Waals surface area contributed by atoms with Gasteiger partial charge in [0.2, 0.25) is 5.91 Å². The zero-order chi connectivity index (χ0) is 19.4. The van der Waals surface area contributed by atoms with Crippen LogP contribution in [-0.2, 0) is 27.5 Å². The Balaban J connectivity index is 1.52. The highest BCUT2D eigenvalue weighted by Gasteiger charge is 2.23. The quantitative estimate of drug-likeness (QED) is 0.817. The van der Waals surface area contributed by atoms with E-state index in [4.69, 9.17) is 9.47 Å². The maximum Gasteiger partial charge on any atom is 0.224 e. The third-order valence-electron chi connectivity index (χ3n) is 4.56. The van der Waals surface area contributed by atoms with Gasteiger partial charge in [-0.3, -0.25) is 4.79 Å². The summed E-state index contributed by atoms with van der Waals surface area (Å²) in [6.07, 6.45) is 2.19. The Morgan fingerprint density at radius 2 is 1.96 bits per heavy atom. The number of carbonyl (C=O) groups is 1. The standard InChI is InChI=1S/C20H23NO5S/c1-25-18-5-3-4-16-10-15(13-26-20(16)18)12-21-19(22)11-14-6-8-17(9-7-14)27(2,23)24/h3-9,15H,10-13H2,1-2H3,(H,21,22). The second-order valence-corrected chi connectivity index (χ2v) is 8.74. The highest BCUT2D eigenvalue weighted by Crippen LogP contribution is 2.35. The first-order valence-electron chi connectivity index (χ1n) is 8.71. The number of nitrogens with one attached hydrogen (secondary N) is 1. The highest BCUT2D eigenvalue weighted by molar-refractivity contribution is 7.90. The predicted molar refractivity (Wildman–Crippen MR) is 102 cm³/mol. The van der Waals surface area contributed by atoms with Gasteiger partial charge < -0.3 is 14.8 Å². The summed E-state index contributed by atoms with van der Waals surface area (Å²) >= 11 is 0. The third-order valence-corrected chi connectivity index (χ3v) is 5.68. The van der Waals surface area contributed by atoms with Gasteiger partial charge in [0.15, 0.2) is 21.3 Å². The van der Waals surface area contributed by atoms with Gasteiger partial charge in [-0.25, -0.2) is 8.42 Å². The van der Waals surface area contributed by atoms with E-state index in [0.717, 1.165) is 35.3 Å². The molecule has 3 rings (SSSR count). The first kappa shape index (κ1) is 19.2. The van der Waals surface area contributed by atoms with Crippen molar-refractivity contribution in [2.75, 3.05) is 26.5 Å². The summed E-state index contributed by atoms with van der Waals surface area (Å²) in [6, 6.07) is 12.2. The van der Waals surface area contributed by atoms with Gasteiger partial charge >= 0.3 is 0 Å². The molecule has 7 heteroatoms. The number of sulfone groups is 1. The lowest BCUT2D eigenvalue weighted by Gasteiger charge is -2.26. The summed E-state index contributed by atoms with van der Waals surface area (Å²) in [7, 11) is -1.61. The second-order valence-electron chi connectivity index (χ2n) is 6.73. The van der Waals surface area contributed by atoms with Crippen LogP contribution in [0, 0.1) is 5.92 Å². The monoisotopic (exact) mass is 389 g/mol. The van der Waals surface area contributed by atoms with Gasteiger partial charge in [-0.15, -0.1) is 0 Å². The van der Waals surface area contributed by atoms with Crippen LogP contribution in [0.1, 0.15) is 11.1 Å². The lowest BCUT2D eigenvalue weighted by molar-refractivity contribution is -0.120. The number of fused-ring (bicyclic) bond motifs is 1. The fourth-order valence-electron chi connectivity index (χ4n) is 3.11. The van der Waals surface area contributed by atoms with Crippen LogP contribution in [0.5, 0.6) is 11.5 Å². The number of para-hydroxylation sites is 1. The van der Waals surface area contributed by atoms with E-state index in [1.54, 1.807) is 19.2 Å². The Kier molecular flexibility index (Phi) is 5.70. The van der Waals surface area contributed by atoms with Crippen LogP contribution in [-0.4, -0.2) is 40.8 Å². The molecule has 0 radical (unpaired) electrons. The molecule has 2 aromatic rings. The van der Waals surface area contributed by atoms with Crippen molar-refractivity contribution in [1.29, 1.82) is 0 Å². The molecular formula is C20H23NO5S. The van der Waals surface area contributed by atoms with Crippen LogP contribution in [0.2, 0.25) is 0 Å². The summed E-state index contributed by atoms with van der Waals surface area (Å²) in [5.41, 5.74) is 1.85. The van der Waals surface area contributed by atoms with E-state index < -0.39 is 9.84 Å². The number of ether oxygens (including phenoxy) is 2. The molecule has 1 N–H and O–H groups in total. The fraction of sp³-hybridized carbons (Fsp3) is 0.350. The molecule has 1 amide bonds. The minimum Gasteiger partial charge on any atom is -0.493 e. The van der Waals surface area contributed by atoms with Gasteiger partial charge in [0.25, 0.3) is 0 Å². The Morgan fingerprint density at radius 3 is 2.63 bits per heavy atom. The number of carbonyl (C=O) groups excluding carboxylic acids is 1. The summed E-state index contributed by atoms with van der Waals surface area (Å²) in [4.78, 5) is 12.4. The fourth-order valence-corrected chi connectivity index (χ4v) is 3.74. The molecule has 0 spiro atoms. The largest absolute Gasteiger partial charge is 0.493 e. The Hall–Kier alpha value is -2.54. The van der Waals surface area contributed by atoms with E-state index in [-0.39, 0.29) is 23.1 Å². The number of hydrogen-bond acceptors (Lipinski definition) is 5. The van der Waals surface area contributed by atoms with Crippen LogP contribution in [0.3, 0.4) is 0 Å². The molecule has 144 valence electrons. The molecule has 6 nitrogen and oxygen atoms in total. The van der Waals surface area contributed by atoms with Gasteiger partial charge in [0.05, 0.1) is 25.0 Å². The minimum absolute atomic E-state index is 0.0986. The Morgan fingerprint density at radius 1 is 1.22 bits per heavy atom. The number of amides is 1. The molecule has 1 aliphatic heterocycles. The molecule has 1 unspecified atom stereocenters. The molecule has 2 aromatic carbocycles. The van der Waals surface area contributed by atoms with Crippen molar-refractivity contribution in [3.63, 3.8) is 0 Å². The molecule has 1 heterocycles. The van der Waals surface area contributed by atoms with Crippen molar-refractivity contribution in [1.82, 2.24) is 5.32 Å². The lowest BCUT2D eigenvalue weighted by Crippen LogP contribution is -2.35. The molecule has 0 saturated heterocycles. The molecule has 27 heavy (non-hydrogen) atoms. The molecule has 0 saturated carbocycles. The zero-order valence-corrected chi connectivity index (χ0v) is 16.2. The van der Waals surface area contributed by atoms with Crippen molar-refractivity contribution in [2.45, 2.75) is 17.7 Å². The first-order valence-corrected chi connectivity index (χ1v) is 10.6. The van der Waals surface area contributed by atoms with Gasteiger partial charge in [0, 0.05) is 18.7 Å². The maximum absolute atomic E-state index is 12.2. The maximum atomic E-state index is 12.2. The van der Waals surface area contributed by atoms with Crippen LogP contribution in [0.15, 0.2) is 47.4 Å². The van der Waals surface area contributed by atoms with E-state index >= 15 is 0 Å². The molecule has 0 aliphatic carbocycles. The van der Waals surface area contributed by atoms with E-state index in [2.05, 4.69) is 5.32 Å². The van der Waals surface area contributed by atoms with Crippen molar-refractivity contribution in [3.05, 3.63) is 53.6 Å². The molecule has 0 aromatic heterocycles. The lowest BCUT2D eigenvalue weighted by atomic mass is 9.96. The average molecular weight is 389 g/mol. The van der Waals surface area contributed by atoms with Crippen molar-refractivity contribution in [2.24, 2.45) is 5.92 Å². The van der Waals surface area contributed by atoms with Crippen LogP contribution >= 0.6 is 0 Å². The van der Waals surface area contributed by atoms with Gasteiger partial charge in [0.1, 0.15) is 0 Å². The SMILES string of the molecule is COc1cccc2c1OCC(CNC(=O)Cc1ccc(S(C)(=O)=O)cc1)C2. The van der Waals surface area contributed by atoms with Gasteiger partial charge in [-0.05, 0) is 35.7 Å². The summed E-state index contributed by atoms with van der Waals surface area (Å²) < 4.78 is 34.1. The van der Waals surface area contributed by atoms with Crippen molar-refractivity contribution < 1.29 is 22.7 Å². The summed E-state index contributed by atoms with van der Waals surface area (Å²) in [5.74, 6) is 1.61. The van der Waals surface area contributed by atoms with Crippen LogP contribution < -0.4 is 14.8 Å². The van der Waals surface area contributed by atoms with Gasteiger partial charge in [-0.1, -0.05) is 24.3 Å². The molecular weight excluding hydrogens is 366 g/mol. The van der Waals surface area contributed by atoms with Crippen molar-refractivity contribution >= 4 is 15.7 Å². The number of methoxy groups -OCH3 is 1. The van der Waals surface area contributed by atoms with E-state index in [9.17, 15) is 13.2 Å².